The third kappa shape index (κ3) is 2.90. The number of hydrogen-bond donors (Lipinski definition) is 1. The second kappa shape index (κ2) is 5.79. The normalized spacial score (nSPS) is 10.7. The highest BCUT2D eigenvalue weighted by Crippen LogP contribution is 2.38. The van der Waals surface area contributed by atoms with E-state index in [1.54, 1.807) is 6.07 Å². The summed E-state index contributed by atoms with van der Waals surface area (Å²) >= 11 is 0. The van der Waals surface area contributed by atoms with Crippen molar-refractivity contribution < 1.29 is 9.84 Å². The summed E-state index contributed by atoms with van der Waals surface area (Å²) in [4.78, 5) is 0. The van der Waals surface area contributed by atoms with E-state index in [9.17, 15) is 5.11 Å². The Kier molecular flexibility index (Phi) is 4.10. The average Bonchev–Trinajstić information content (AvgIpc) is 2.40. The van der Waals surface area contributed by atoms with Crippen LogP contribution >= 0.6 is 0 Å². The molecule has 19 heavy (non-hydrogen) atoms. The van der Waals surface area contributed by atoms with Gasteiger partial charge in [0.25, 0.3) is 0 Å². The van der Waals surface area contributed by atoms with Gasteiger partial charge < -0.3 is 9.84 Å². The summed E-state index contributed by atoms with van der Waals surface area (Å²) in [5.41, 5.74) is 3.08. The highest BCUT2D eigenvalue weighted by atomic mass is 16.5. The molecule has 0 aliphatic rings. The van der Waals surface area contributed by atoms with E-state index in [0.29, 0.717) is 12.4 Å². The highest BCUT2D eigenvalue weighted by Gasteiger charge is 2.13. The van der Waals surface area contributed by atoms with Crippen LogP contribution in [0.2, 0.25) is 0 Å². The van der Waals surface area contributed by atoms with E-state index in [-0.39, 0.29) is 5.92 Å². The smallest absolute Gasteiger partial charge is 0.130 e. The quantitative estimate of drug-likeness (QED) is 0.867. The number of phenolic OH excluding ortho intramolecular Hbond substituents is 1. The monoisotopic (exact) mass is 256 g/mol. The van der Waals surface area contributed by atoms with E-state index in [4.69, 9.17) is 4.74 Å². The van der Waals surface area contributed by atoms with Gasteiger partial charge in [0.15, 0.2) is 0 Å². The molecule has 0 atom stereocenters. The molecule has 0 spiro atoms. The summed E-state index contributed by atoms with van der Waals surface area (Å²) in [7, 11) is 0. The van der Waals surface area contributed by atoms with Gasteiger partial charge in [-0.15, -0.1) is 0 Å². The summed E-state index contributed by atoms with van der Waals surface area (Å²) in [6, 6.07) is 13.9. The molecule has 0 saturated carbocycles. The van der Waals surface area contributed by atoms with Crippen LogP contribution in [0.25, 0.3) is 11.1 Å². The molecule has 2 aromatic carbocycles. The predicted octanol–water partition coefficient (Wildman–Crippen LogP) is 4.58. The lowest BCUT2D eigenvalue weighted by Gasteiger charge is -2.16. The van der Waals surface area contributed by atoms with Crippen LogP contribution in [0.3, 0.4) is 0 Å². The summed E-state index contributed by atoms with van der Waals surface area (Å²) in [5, 5.41) is 10.1. The van der Waals surface area contributed by atoms with Crippen molar-refractivity contribution in [3.63, 3.8) is 0 Å². The summed E-state index contributed by atoms with van der Waals surface area (Å²) < 4.78 is 5.65. The van der Waals surface area contributed by atoms with Crippen molar-refractivity contribution in [2.45, 2.75) is 26.7 Å². The number of hydrogen-bond acceptors (Lipinski definition) is 2. The van der Waals surface area contributed by atoms with Crippen LogP contribution < -0.4 is 4.74 Å². The molecule has 1 N–H and O–H groups in total. The van der Waals surface area contributed by atoms with Crippen molar-refractivity contribution in [1.29, 1.82) is 0 Å². The maximum Gasteiger partial charge on any atom is 0.130 e. The van der Waals surface area contributed by atoms with Crippen LogP contribution in [0.1, 0.15) is 32.3 Å². The second-order valence-corrected chi connectivity index (χ2v) is 4.86. The zero-order valence-electron chi connectivity index (χ0n) is 11.7. The summed E-state index contributed by atoms with van der Waals surface area (Å²) in [6.45, 7) is 6.68. The molecule has 0 bridgehead atoms. The van der Waals surface area contributed by atoms with Gasteiger partial charge in [0.1, 0.15) is 11.5 Å². The Labute approximate surface area is 114 Å². The Morgan fingerprint density at radius 1 is 1.11 bits per heavy atom. The molecule has 0 aliphatic carbocycles. The van der Waals surface area contributed by atoms with Gasteiger partial charge in [-0.3, -0.25) is 0 Å². The molecule has 2 rings (SSSR count). The Bertz CT molecular complexity index is 545. The molecule has 2 heteroatoms. The van der Waals surface area contributed by atoms with E-state index in [1.807, 2.05) is 31.2 Å². The molecule has 0 amide bonds. The standard InChI is InChI=1S/C17H20O2/c1-4-19-17-11-16(18)14(12(2)3)10-15(17)13-8-6-5-7-9-13/h5-12,18H,4H2,1-3H3. The minimum atomic E-state index is 0.276. The largest absolute Gasteiger partial charge is 0.508 e. The molecular weight excluding hydrogens is 236 g/mol. The Hall–Kier alpha value is -1.96. The van der Waals surface area contributed by atoms with Crippen LogP contribution in [0.5, 0.6) is 11.5 Å². The van der Waals surface area contributed by atoms with Crippen LogP contribution in [0.4, 0.5) is 0 Å². The average molecular weight is 256 g/mol. The topological polar surface area (TPSA) is 29.5 Å². The fourth-order valence-corrected chi connectivity index (χ4v) is 2.17. The van der Waals surface area contributed by atoms with Gasteiger partial charge in [0.05, 0.1) is 6.61 Å². The Morgan fingerprint density at radius 2 is 1.79 bits per heavy atom. The van der Waals surface area contributed by atoms with Gasteiger partial charge in [-0.05, 0) is 30.0 Å². The number of aromatic hydroxyl groups is 1. The maximum atomic E-state index is 10.1. The molecule has 0 fully saturated rings. The van der Waals surface area contributed by atoms with Crippen molar-refractivity contribution in [3.8, 4) is 22.6 Å². The molecule has 0 aromatic heterocycles. The van der Waals surface area contributed by atoms with Crippen molar-refractivity contribution in [1.82, 2.24) is 0 Å². The molecule has 2 nitrogen and oxygen atoms in total. The summed E-state index contributed by atoms with van der Waals surface area (Å²) in [6.07, 6.45) is 0. The molecule has 0 aliphatic heterocycles. The fraction of sp³-hybridized carbons (Fsp3) is 0.294. The first-order valence-electron chi connectivity index (χ1n) is 6.68. The molecule has 0 heterocycles. The third-order valence-electron chi connectivity index (χ3n) is 3.14. The summed E-state index contributed by atoms with van der Waals surface area (Å²) in [5.74, 6) is 1.31. The number of benzene rings is 2. The Morgan fingerprint density at radius 3 is 2.37 bits per heavy atom. The lowest BCUT2D eigenvalue weighted by molar-refractivity contribution is 0.338. The minimum Gasteiger partial charge on any atom is -0.508 e. The van der Waals surface area contributed by atoms with Gasteiger partial charge in [-0.1, -0.05) is 44.2 Å². The molecule has 0 radical (unpaired) electrons. The van der Waals surface area contributed by atoms with Crippen LogP contribution in [0.15, 0.2) is 42.5 Å². The minimum absolute atomic E-state index is 0.276. The first kappa shape index (κ1) is 13.5. The first-order chi connectivity index (χ1) is 9.13. The zero-order valence-corrected chi connectivity index (χ0v) is 11.7. The van der Waals surface area contributed by atoms with Gasteiger partial charge in [-0.2, -0.15) is 0 Å². The first-order valence-corrected chi connectivity index (χ1v) is 6.68. The van der Waals surface area contributed by atoms with E-state index in [2.05, 4.69) is 26.0 Å². The van der Waals surface area contributed by atoms with Gasteiger partial charge in [0, 0.05) is 11.6 Å². The SMILES string of the molecule is CCOc1cc(O)c(C(C)C)cc1-c1ccccc1. The third-order valence-corrected chi connectivity index (χ3v) is 3.14. The van der Waals surface area contributed by atoms with E-state index >= 15 is 0 Å². The predicted molar refractivity (Wildman–Crippen MR) is 78.8 cm³/mol. The van der Waals surface area contributed by atoms with Gasteiger partial charge in [0.2, 0.25) is 0 Å². The van der Waals surface area contributed by atoms with Gasteiger partial charge >= 0.3 is 0 Å². The van der Waals surface area contributed by atoms with E-state index in [0.717, 1.165) is 22.4 Å². The number of phenols is 1. The molecule has 2 aromatic rings. The molecule has 100 valence electrons. The lowest BCUT2D eigenvalue weighted by Crippen LogP contribution is -1.97. The molecular formula is C17H20O2. The van der Waals surface area contributed by atoms with Gasteiger partial charge in [-0.25, -0.2) is 0 Å². The van der Waals surface area contributed by atoms with E-state index < -0.39 is 0 Å². The highest BCUT2D eigenvalue weighted by molar-refractivity contribution is 5.73. The van der Waals surface area contributed by atoms with E-state index in [1.165, 1.54) is 0 Å². The number of ether oxygens (including phenoxy) is 1. The molecule has 0 unspecified atom stereocenters. The second-order valence-electron chi connectivity index (χ2n) is 4.86. The van der Waals surface area contributed by atoms with Crippen molar-refractivity contribution in [3.05, 3.63) is 48.0 Å². The van der Waals surface area contributed by atoms with Crippen LogP contribution in [-0.2, 0) is 0 Å². The van der Waals surface area contributed by atoms with Crippen LogP contribution in [-0.4, -0.2) is 11.7 Å². The lowest BCUT2D eigenvalue weighted by atomic mass is 9.95. The van der Waals surface area contributed by atoms with Crippen molar-refractivity contribution >= 4 is 0 Å². The fourth-order valence-electron chi connectivity index (χ4n) is 2.17. The zero-order chi connectivity index (χ0) is 13.8. The number of rotatable bonds is 4. The van der Waals surface area contributed by atoms with Crippen molar-refractivity contribution in [2.75, 3.05) is 6.61 Å². The van der Waals surface area contributed by atoms with Crippen LogP contribution in [0, 0.1) is 0 Å². The van der Waals surface area contributed by atoms with Crippen molar-refractivity contribution in [2.24, 2.45) is 0 Å². The maximum absolute atomic E-state index is 10.1. The Balaban J connectivity index is 2.59. The molecule has 0 saturated heterocycles.